The van der Waals surface area contributed by atoms with E-state index in [0.29, 0.717) is 24.4 Å². The van der Waals surface area contributed by atoms with E-state index in [9.17, 15) is 4.79 Å². The molecule has 1 aromatic heterocycles. The molecule has 1 saturated carbocycles. The van der Waals surface area contributed by atoms with Crippen LogP contribution in [0.2, 0.25) is 0 Å². The first-order chi connectivity index (χ1) is 10.5. The lowest BCUT2D eigenvalue weighted by molar-refractivity contribution is -0.123. The van der Waals surface area contributed by atoms with Crippen molar-refractivity contribution in [1.29, 1.82) is 0 Å². The number of rotatable bonds is 3. The third-order valence-corrected chi connectivity index (χ3v) is 5.15. The van der Waals surface area contributed by atoms with Gasteiger partial charge in [-0.05, 0) is 36.8 Å². The van der Waals surface area contributed by atoms with Gasteiger partial charge in [0, 0.05) is 11.4 Å². The fraction of sp³-hybridized carbons (Fsp3) is 0.556. The van der Waals surface area contributed by atoms with E-state index in [0.717, 1.165) is 17.3 Å². The second-order valence-electron chi connectivity index (χ2n) is 6.81. The zero-order chi connectivity index (χ0) is 15.7. The summed E-state index contributed by atoms with van der Waals surface area (Å²) in [6, 6.07) is 6.51. The van der Waals surface area contributed by atoms with E-state index in [-0.39, 0.29) is 5.91 Å². The van der Waals surface area contributed by atoms with Crippen LogP contribution in [0.3, 0.4) is 0 Å². The normalized spacial score (nSPS) is 25.3. The highest BCUT2D eigenvalue weighted by Gasteiger charge is 2.28. The molecule has 2 aromatic rings. The monoisotopic (exact) mass is 299 g/mol. The van der Waals surface area contributed by atoms with Crippen LogP contribution in [-0.4, -0.2) is 21.7 Å². The molecule has 1 aliphatic carbocycles. The van der Waals surface area contributed by atoms with Gasteiger partial charge in [0.05, 0.1) is 11.7 Å². The van der Waals surface area contributed by atoms with E-state index < -0.39 is 0 Å². The Balaban J connectivity index is 1.69. The van der Waals surface area contributed by atoms with Crippen LogP contribution >= 0.6 is 0 Å². The van der Waals surface area contributed by atoms with Crippen molar-refractivity contribution in [3.63, 3.8) is 0 Å². The van der Waals surface area contributed by atoms with E-state index in [4.69, 9.17) is 0 Å². The number of hydrogen-bond acceptors (Lipinski definition) is 2. The first kappa shape index (κ1) is 15.1. The van der Waals surface area contributed by atoms with E-state index >= 15 is 0 Å². The molecule has 3 rings (SSSR count). The number of nitrogens with zero attached hydrogens (tertiary/aromatic N) is 2. The van der Waals surface area contributed by atoms with Crippen LogP contribution in [0.5, 0.6) is 0 Å². The van der Waals surface area contributed by atoms with Crippen molar-refractivity contribution in [1.82, 2.24) is 15.1 Å². The Hall–Kier alpha value is -1.84. The number of amides is 1. The predicted molar refractivity (Wildman–Crippen MR) is 88.6 cm³/mol. The van der Waals surface area contributed by atoms with Gasteiger partial charge < -0.3 is 5.32 Å². The molecule has 0 bridgehead atoms. The van der Waals surface area contributed by atoms with Crippen LogP contribution < -0.4 is 5.32 Å². The molecule has 0 unspecified atom stereocenters. The lowest BCUT2D eigenvalue weighted by atomic mass is 9.78. The van der Waals surface area contributed by atoms with Gasteiger partial charge in [-0.25, -0.2) is 0 Å². The smallest absolute Gasteiger partial charge is 0.241 e. The minimum Gasteiger partial charge on any atom is -0.351 e. The minimum atomic E-state index is 0.0671. The van der Waals surface area contributed by atoms with E-state index in [1.807, 2.05) is 6.20 Å². The number of carbonyl (C=O) groups is 1. The van der Waals surface area contributed by atoms with Crippen molar-refractivity contribution in [2.24, 2.45) is 11.8 Å². The molecule has 1 heterocycles. The van der Waals surface area contributed by atoms with Crippen LogP contribution in [0, 0.1) is 18.8 Å². The van der Waals surface area contributed by atoms with Crippen LogP contribution in [-0.2, 0) is 11.3 Å². The molecule has 1 aromatic carbocycles. The third kappa shape index (κ3) is 3.01. The molecule has 1 fully saturated rings. The summed E-state index contributed by atoms with van der Waals surface area (Å²) in [7, 11) is 0. The van der Waals surface area contributed by atoms with Gasteiger partial charge in [0.2, 0.25) is 5.91 Å². The Bertz CT molecular complexity index is 676. The Morgan fingerprint density at radius 3 is 3.00 bits per heavy atom. The molecule has 118 valence electrons. The van der Waals surface area contributed by atoms with Gasteiger partial charge in [-0.1, -0.05) is 38.8 Å². The number of carbonyl (C=O) groups excluding carboxylic acids is 1. The average molecular weight is 299 g/mol. The molecule has 0 saturated heterocycles. The summed E-state index contributed by atoms with van der Waals surface area (Å²) in [5.41, 5.74) is 2.21. The summed E-state index contributed by atoms with van der Waals surface area (Å²) in [6.07, 6.45) is 5.40. The van der Waals surface area contributed by atoms with Crippen LogP contribution in [0.1, 0.15) is 38.7 Å². The van der Waals surface area contributed by atoms with Gasteiger partial charge in [-0.2, -0.15) is 5.10 Å². The van der Waals surface area contributed by atoms with Gasteiger partial charge in [0.15, 0.2) is 0 Å². The molecule has 4 nitrogen and oxygen atoms in total. The highest BCUT2D eigenvalue weighted by molar-refractivity contribution is 5.82. The number of benzene rings is 1. The molecule has 22 heavy (non-hydrogen) atoms. The van der Waals surface area contributed by atoms with Gasteiger partial charge in [0.1, 0.15) is 6.54 Å². The van der Waals surface area contributed by atoms with Crippen molar-refractivity contribution in [2.75, 3.05) is 0 Å². The zero-order valence-corrected chi connectivity index (χ0v) is 13.7. The predicted octanol–water partition coefficient (Wildman–Crippen LogP) is 3.29. The molecule has 0 spiro atoms. The maximum absolute atomic E-state index is 12.4. The quantitative estimate of drug-likeness (QED) is 0.945. The van der Waals surface area contributed by atoms with Crippen LogP contribution in [0.4, 0.5) is 0 Å². The molecule has 1 N–H and O–H groups in total. The van der Waals surface area contributed by atoms with E-state index in [1.54, 1.807) is 4.68 Å². The topological polar surface area (TPSA) is 46.9 Å². The van der Waals surface area contributed by atoms with Crippen molar-refractivity contribution < 1.29 is 4.79 Å². The second kappa shape index (κ2) is 6.11. The summed E-state index contributed by atoms with van der Waals surface area (Å²) in [5, 5.41) is 8.66. The number of aromatic nitrogens is 2. The fourth-order valence-corrected chi connectivity index (χ4v) is 3.48. The van der Waals surface area contributed by atoms with Gasteiger partial charge >= 0.3 is 0 Å². The largest absolute Gasteiger partial charge is 0.351 e. The lowest BCUT2D eigenvalue weighted by Crippen LogP contribution is -2.44. The Morgan fingerprint density at radius 1 is 1.36 bits per heavy atom. The molecule has 0 aliphatic heterocycles. The standard InChI is InChI=1S/C18H25N3O/c1-12-7-8-15-10-19-21(17(15)9-12)11-18(22)20-16-6-4-5-13(2)14(16)3/h7-10,13-14,16H,4-6,11H2,1-3H3,(H,20,22)/t13-,14-,16+/m0/s1. The molecule has 1 amide bonds. The molecular formula is C18H25N3O. The summed E-state index contributed by atoms with van der Waals surface area (Å²) in [4.78, 5) is 12.4. The van der Waals surface area contributed by atoms with Crippen molar-refractivity contribution >= 4 is 16.8 Å². The first-order valence-corrected chi connectivity index (χ1v) is 8.26. The highest BCUT2D eigenvalue weighted by Crippen LogP contribution is 2.29. The number of nitrogens with one attached hydrogen (secondary N) is 1. The first-order valence-electron chi connectivity index (χ1n) is 8.26. The molecule has 4 heteroatoms. The van der Waals surface area contributed by atoms with Crippen LogP contribution in [0.15, 0.2) is 24.4 Å². The average Bonchev–Trinajstić information content (AvgIpc) is 2.86. The number of aryl methyl sites for hydroxylation is 1. The summed E-state index contributed by atoms with van der Waals surface area (Å²) in [5.74, 6) is 1.30. The van der Waals surface area contributed by atoms with Crippen LogP contribution in [0.25, 0.3) is 10.9 Å². The fourth-order valence-electron chi connectivity index (χ4n) is 3.48. The van der Waals surface area contributed by atoms with Crippen molar-refractivity contribution in [3.05, 3.63) is 30.0 Å². The van der Waals surface area contributed by atoms with Crippen molar-refractivity contribution in [2.45, 2.75) is 52.6 Å². The van der Waals surface area contributed by atoms with E-state index in [2.05, 4.69) is 49.4 Å². The zero-order valence-electron chi connectivity index (χ0n) is 13.7. The Morgan fingerprint density at radius 2 is 2.18 bits per heavy atom. The highest BCUT2D eigenvalue weighted by atomic mass is 16.2. The maximum atomic E-state index is 12.4. The SMILES string of the molecule is Cc1ccc2cnn(CC(=O)N[C@@H]3CCC[C@H](C)[C@@H]3C)c2c1. The summed E-state index contributed by atoms with van der Waals surface area (Å²) < 4.78 is 1.80. The van der Waals surface area contributed by atoms with Gasteiger partial charge in [-0.15, -0.1) is 0 Å². The van der Waals surface area contributed by atoms with Crippen molar-refractivity contribution in [3.8, 4) is 0 Å². The molecule has 0 radical (unpaired) electrons. The maximum Gasteiger partial charge on any atom is 0.241 e. The minimum absolute atomic E-state index is 0.0671. The van der Waals surface area contributed by atoms with Gasteiger partial charge in [0.25, 0.3) is 0 Å². The second-order valence-corrected chi connectivity index (χ2v) is 6.81. The molecule has 3 atom stereocenters. The molecular weight excluding hydrogens is 274 g/mol. The summed E-state index contributed by atoms with van der Waals surface area (Å²) >= 11 is 0. The number of fused-ring (bicyclic) bond motifs is 1. The lowest BCUT2D eigenvalue weighted by Gasteiger charge is -2.34. The Kier molecular flexibility index (Phi) is 4.19. The third-order valence-electron chi connectivity index (χ3n) is 5.15. The van der Waals surface area contributed by atoms with Gasteiger partial charge in [-0.3, -0.25) is 9.48 Å². The molecule has 1 aliphatic rings. The Labute approximate surface area is 131 Å². The summed E-state index contributed by atoms with van der Waals surface area (Å²) in [6.45, 7) is 6.89. The van der Waals surface area contributed by atoms with E-state index in [1.165, 1.54) is 18.4 Å². The number of hydrogen-bond donors (Lipinski definition) is 1.